The molecule has 0 spiro atoms. The smallest absolute Gasteiger partial charge is 0.252 e. The standard InChI is InChI=1S/C37H32Br2N2O4/c38-30-17-13-26(14-18-30)34-37(23-28-8-2-4-12-33(28)39,36(43)40-24-29-10-5-9-25-7-1-3-11-32(25)29)41-35(45-34)27-15-19-31(20-16-27)44-22-6-21-42/h1-5,7-20,34,42H,6,21-24H2,(H,40,43)/t34-,37-/m1/s1. The Morgan fingerprint density at radius 3 is 2.36 bits per heavy atom. The monoisotopic (exact) mass is 726 g/mol. The summed E-state index contributed by atoms with van der Waals surface area (Å²) in [6, 6.07) is 37.5. The Hall–Kier alpha value is -3.98. The van der Waals surface area contributed by atoms with Gasteiger partial charge < -0.3 is 19.9 Å². The number of amides is 1. The zero-order valence-electron chi connectivity index (χ0n) is 24.5. The molecular formula is C37H32Br2N2O4. The van der Waals surface area contributed by atoms with E-state index in [1.54, 1.807) is 0 Å². The van der Waals surface area contributed by atoms with E-state index in [0.717, 1.165) is 42.0 Å². The van der Waals surface area contributed by atoms with E-state index in [1.807, 2.05) is 97.1 Å². The molecule has 6 rings (SSSR count). The molecule has 1 aliphatic heterocycles. The molecule has 5 aromatic rings. The van der Waals surface area contributed by atoms with Gasteiger partial charge in [-0.3, -0.25) is 4.79 Å². The lowest BCUT2D eigenvalue weighted by Gasteiger charge is -2.31. The summed E-state index contributed by atoms with van der Waals surface area (Å²) >= 11 is 7.24. The van der Waals surface area contributed by atoms with Crippen LogP contribution in [-0.2, 0) is 22.5 Å². The number of halogens is 2. The van der Waals surface area contributed by atoms with Crippen LogP contribution in [0.5, 0.6) is 5.75 Å². The number of carbonyl (C=O) groups is 1. The first-order chi connectivity index (χ1) is 22.0. The molecule has 8 heteroatoms. The average molecular weight is 728 g/mol. The maximum Gasteiger partial charge on any atom is 0.252 e. The van der Waals surface area contributed by atoms with Gasteiger partial charge in [-0.05, 0) is 69.9 Å². The number of hydrogen-bond acceptors (Lipinski definition) is 5. The molecule has 1 aliphatic rings. The molecule has 0 saturated carbocycles. The number of nitrogens with one attached hydrogen (secondary N) is 1. The maximum absolute atomic E-state index is 14.7. The van der Waals surface area contributed by atoms with Crippen LogP contribution in [0.2, 0.25) is 0 Å². The Morgan fingerprint density at radius 1 is 0.867 bits per heavy atom. The van der Waals surface area contributed by atoms with Crippen molar-refractivity contribution in [2.45, 2.75) is 31.0 Å². The number of aliphatic hydroxyl groups is 1. The predicted molar refractivity (Wildman–Crippen MR) is 185 cm³/mol. The van der Waals surface area contributed by atoms with Gasteiger partial charge in [0.25, 0.3) is 5.91 Å². The summed E-state index contributed by atoms with van der Waals surface area (Å²) in [5.41, 5.74) is 2.24. The van der Waals surface area contributed by atoms with E-state index in [1.165, 1.54) is 0 Å². The van der Waals surface area contributed by atoms with Crippen LogP contribution in [0.3, 0.4) is 0 Å². The number of carbonyl (C=O) groups excluding carboxylic acids is 1. The minimum absolute atomic E-state index is 0.0718. The van der Waals surface area contributed by atoms with E-state index in [9.17, 15) is 4.79 Å². The van der Waals surface area contributed by atoms with Crippen molar-refractivity contribution in [2.24, 2.45) is 4.99 Å². The first kappa shape index (κ1) is 31.0. The number of ether oxygens (including phenoxy) is 2. The third-order valence-electron chi connectivity index (χ3n) is 7.94. The number of benzene rings is 5. The van der Waals surface area contributed by atoms with Crippen molar-refractivity contribution in [3.05, 3.63) is 146 Å². The molecule has 2 atom stereocenters. The molecule has 1 amide bonds. The highest BCUT2D eigenvalue weighted by molar-refractivity contribution is 9.10. The molecule has 5 aromatic carbocycles. The summed E-state index contributed by atoms with van der Waals surface area (Å²) < 4.78 is 14.2. The molecule has 0 bridgehead atoms. The summed E-state index contributed by atoms with van der Waals surface area (Å²) in [6.07, 6.45) is 0.168. The Morgan fingerprint density at radius 2 is 1.58 bits per heavy atom. The van der Waals surface area contributed by atoms with E-state index >= 15 is 0 Å². The maximum atomic E-state index is 14.7. The van der Waals surface area contributed by atoms with Gasteiger partial charge in [0.1, 0.15) is 5.75 Å². The molecule has 1 heterocycles. The highest BCUT2D eigenvalue weighted by Gasteiger charge is 2.53. The van der Waals surface area contributed by atoms with Gasteiger partial charge in [0.15, 0.2) is 11.6 Å². The van der Waals surface area contributed by atoms with Crippen LogP contribution in [0.15, 0.2) is 129 Å². The third kappa shape index (κ3) is 6.83. The fraction of sp³-hybridized carbons (Fsp3) is 0.189. The third-order valence-corrected chi connectivity index (χ3v) is 9.24. The van der Waals surface area contributed by atoms with Crippen molar-refractivity contribution >= 4 is 54.4 Å². The topological polar surface area (TPSA) is 80.2 Å². The summed E-state index contributed by atoms with van der Waals surface area (Å²) in [7, 11) is 0. The van der Waals surface area contributed by atoms with Crippen LogP contribution in [0.25, 0.3) is 10.8 Å². The minimum atomic E-state index is -1.31. The Bertz CT molecular complexity index is 1820. The van der Waals surface area contributed by atoms with Crippen molar-refractivity contribution in [3.8, 4) is 5.75 Å². The van der Waals surface area contributed by atoms with E-state index in [0.29, 0.717) is 37.6 Å². The van der Waals surface area contributed by atoms with E-state index in [4.69, 9.17) is 19.6 Å². The summed E-state index contributed by atoms with van der Waals surface area (Å²) in [5, 5.41) is 14.5. The molecule has 0 saturated heterocycles. The fourth-order valence-corrected chi connectivity index (χ4v) is 6.32. The lowest BCUT2D eigenvalue weighted by molar-refractivity contribution is -0.129. The number of aliphatic hydroxyl groups excluding tert-OH is 1. The Balaban J connectivity index is 1.41. The van der Waals surface area contributed by atoms with E-state index < -0.39 is 11.6 Å². The number of hydrogen-bond donors (Lipinski definition) is 2. The molecule has 0 aromatic heterocycles. The number of aliphatic imine (C=N–C) groups is 1. The molecule has 0 fully saturated rings. The van der Waals surface area contributed by atoms with Crippen LogP contribution >= 0.6 is 31.9 Å². The van der Waals surface area contributed by atoms with E-state index in [2.05, 4.69) is 55.4 Å². The van der Waals surface area contributed by atoms with Crippen LogP contribution < -0.4 is 10.1 Å². The van der Waals surface area contributed by atoms with Crippen LogP contribution in [0.4, 0.5) is 0 Å². The highest BCUT2D eigenvalue weighted by atomic mass is 79.9. The van der Waals surface area contributed by atoms with Gasteiger partial charge in [-0.2, -0.15) is 0 Å². The van der Waals surface area contributed by atoms with Crippen molar-refractivity contribution in [1.82, 2.24) is 5.32 Å². The van der Waals surface area contributed by atoms with Gasteiger partial charge in [0, 0.05) is 40.5 Å². The van der Waals surface area contributed by atoms with Crippen molar-refractivity contribution in [2.75, 3.05) is 13.2 Å². The normalized spacial score (nSPS) is 17.5. The molecule has 2 N–H and O–H groups in total. The van der Waals surface area contributed by atoms with Crippen molar-refractivity contribution in [3.63, 3.8) is 0 Å². The first-order valence-electron chi connectivity index (χ1n) is 14.8. The van der Waals surface area contributed by atoms with Gasteiger partial charge in [0.2, 0.25) is 5.90 Å². The first-order valence-corrected chi connectivity index (χ1v) is 16.4. The molecular weight excluding hydrogens is 696 g/mol. The molecule has 228 valence electrons. The molecule has 6 nitrogen and oxygen atoms in total. The number of rotatable bonds is 11. The molecule has 0 aliphatic carbocycles. The second-order valence-electron chi connectivity index (χ2n) is 10.9. The average Bonchev–Trinajstić information content (AvgIpc) is 3.46. The summed E-state index contributed by atoms with van der Waals surface area (Å²) in [4.78, 5) is 19.8. The predicted octanol–water partition coefficient (Wildman–Crippen LogP) is 7.94. The van der Waals surface area contributed by atoms with Crippen LogP contribution in [0, 0.1) is 0 Å². The summed E-state index contributed by atoms with van der Waals surface area (Å²) in [6.45, 7) is 0.836. The largest absolute Gasteiger partial charge is 0.494 e. The molecule has 45 heavy (non-hydrogen) atoms. The Labute approximate surface area is 279 Å². The van der Waals surface area contributed by atoms with Crippen LogP contribution in [0.1, 0.15) is 34.8 Å². The van der Waals surface area contributed by atoms with Crippen LogP contribution in [-0.4, -0.2) is 35.7 Å². The summed E-state index contributed by atoms with van der Waals surface area (Å²) in [5.74, 6) is 0.845. The quantitative estimate of drug-likeness (QED) is 0.136. The second kappa shape index (κ2) is 14.0. The van der Waals surface area contributed by atoms with Gasteiger partial charge in [-0.1, -0.05) is 105 Å². The van der Waals surface area contributed by atoms with Gasteiger partial charge >= 0.3 is 0 Å². The zero-order valence-corrected chi connectivity index (χ0v) is 27.6. The lowest BCUT2D eigenvalue weighted by atomic mass is 9.82. The van der Waals surface area contributed by atoms with Gasteiger partial charge in [0.05, 0.1) is 6.61 Å². The van der Waals surface area contributed by atoms with E-state index in [-0.39, 0.29) is 12.5 Å². The lowest BCUT2D eigenvalue weighted by Crippen LogP contribution is -2.49. The van der Waals surface area contributed by atoms with Gasteiger partial charge in [-0.15, -0.1) is 0 Å². The highest BCUT2D eigenvalue weighted by Crippen LogP contribution is 2.43. The second-order valence-corrected chi connectivity index (χ2v) is 12.7. The zero-order chi connectivity index (χ0) is 31.2. The number of nitrogens with zero attached hydrogens (tertiary/aromatic N) is 1. The van der Waals surface area contributed by atoms with Gasteiger partial charge in [-0.25, -0.2) is 4.99 Å². The number of fused-ring (bicyclic) bond motifs is 1. The van der Waals surface area contributed by atoms with Crippen molar-refractivity contribution < 1.29 is 19.4 Å². The Kier molecular flexibility index (Phi) is 9.64. The SMILES string of the molecule is O=C(NCc1cccc2ccccc12)[C@]1(Cc2ccccc2Br)N=C(c2ccc(OCCCO)cc2)O[C@@H]1c1ccc(Br)cc1. The van der Waals surface area contributed by atoms with Crippen molar-refractivity contribution in [1.29, 1.82) is 0 Å². The fourth-order valence-electron chi connectivity index (χ4n) is 5.63. The molecule has 0 radical (unpaired) electrons. The minimum Gasteiger partial charge on any atom is -0.494 e. The molecule has 0 unspecified atom stereocenters.